The van der Waals surface area contributed by atoms with E-state index >= 15 is 0 Å². The molecule has 0 saturated carbocycles. The Morgan fingerprint density at radius 3 is 2.77 bits per heavy atom. The van der Waals surface area contributed by atoms with Gasteiger partial charge in [0.2, 0.25) is 10.0 Å². The molecule has 0 spiro atoms. The zero-order chi connectivity index (χ0) is 16.3. The topological polar surface area (TPSA) is 101 Å². The second kappa shape index (κ2) is 6.59. The van der Waals surface area contributed by atoms with Crippen molar-refractivity contribution in [3.8, 4) is 0 Å². The van der Waals surface area contributed by atoms with Crippen LogP contribution < -0.4 is 10.0 Å². The van der Waals surface area contributed by atoms with E-state index in [4.69, 9.17) is 4.52 Å². The number of carbonyl (C=O) groups excluding carboxylic acids is 1. The summed E-state index contributed by atoms with van der Waals surface area (Å²) in [4.78, 5) is 12.4. The zero-order valence-electron chi connectivity index (χ0n) is 12.4. The number of hydrogen-bond acceptors (Lipinski definition) is 6. The molecule has 22 heavy (non-hydrogen) atoms. The lowest BCUT2D eigenvalue weighted by atomic mass is 10.3. The van der Waals surface area contributed by atoms with Gasteiger partial charge >= 0.3 is 0 Å². The summed E-state index contributed by atoms with van der Waals surface area (Å²) in [6.45, 7) is 5.38. The molecule has 2 heterocycles. The van der Waals surface area contributed by atoms with Crippen molar-refractivity contribution in [2.45, 2.75) is 38.1 Å². The van der Waals surface area contributed by atoms with Crippen LogP contribution in [-0.2, 0) is 10.0 Å². The Bertz CT molecular complexity index is 764. The highest BCUT2D eigenvalue weighted by Gasteiger charge is 2.20. The molecule has 0 aromatic carbocycles. The van der Waals surface area contributed by atoms with Crippen molar-refractivity contribution in [1.29, 1.82) is 0 Å². The molecule has 2 rings (SSSR count). The van der Waals surface area contributed by atoms with E-state index in [1.54, 1.807) is 19.9 Å². The number of aromatic nitrogens is 1. The van der Waals surface area contributed by atoms with Crippen LogP contribution in [0.1, 0.15) is 35.7 Å². The van der Waals surface area contributed by atoms with E-state index in [9.17, 15) is 13.2 Å². The van der Waals surface area contributed by atoms with Crippen molar-refractivity contribution >= 4 is 33.1 Å². The van der Waals surface area contributed by atoms with Crippen molar-refractivity contribution in [3.63, 3.8) is 0 Å². The van der Waals surface area contributed by atoms with Crippen LogP contribution in [0.5, 0.6) is 0 Å². The van der Waals surface area contributed by atoms with Gasteiger partial charge in [0.25, 0.3) is 5.91 Å². The molecule has 120 valence electrons. The number of nitrogens with zero attached hydrogens (tertiary/aromatic N) is 1. The monoisotopic (exact) mass is 343 g/mol. The molecule has 1 unspecified atom stereocenters. The summed E-state index contributed by atoms with van der Waals surface area (Å²) < 4.78 is 31.7. The van der Waals surface area contributed by atoms with Crippen molar-refractivity contribution in [1.82, 2.24) is 9.88 Å². The fourth-order valence-electron chi connectivity index (χ4n) is 1.60. The highest BCUT2D eigenvalue weighted by Crippen LogP contribution is 2.21. The number of rotatable bonds is 6. The molecular weight excluding hydrogens is 326 g/mol. The Labute approximate surface area is 132 Å². The Morgan fingerprint density at radius 1 is 1.45 bits per heavy atom. The van der Waals surface area contributed by atoms with E-state index in [-0.39, 0.29) is 21.6 Å². The standard InChI is InChI=1S/C13H17N3O4S2/c1-4-8(2)16-22(18,19)10-6-11(21-7-10)13(17)14-12-5-9(3)20-15-12/h5-8,16H,4H2,1-3H3,(H,14,15,17). The molecule has 1 amide bonds. The number of aryl methyl sites for hydroxylation is 1. The first kappa shape index (κ1) is 16.7. The molecule has 0 aliphatic heterocycles. The third-order valence-electron chi connectivity index (χ3n) is 2.95. The summed E-state index contributed by atoms with van der Waals surface area (Å²) in [6.07, 6.45) is 0.683. The van der Waals surface area contributed by atoms with E-state index in [0.717, 1.165) is 11.3 Å². The van der Waals surface area contributed by atoms with Crippen LogP contribution in [0.25, 0.3) is 0 Å². The molecule has 0 bridgehead atoms. The zero-order valence-corrected chi connectivity index (χ0v) is 14.0. The predicted octanol–water partition coefficient (Wildman–Crippen LogP) is 2.37. The Kier molecular flexibility index (Phi) is 4.99. The summed E-state index contributed by atoms with van der Waals surface area (Å²) in [5.74, 6) is 0.434. The minimum absolute atomic E-state index is 0.0827. The number of amides is 1. The van der Waals surface area contributed by atoms with E-state index in [0.29, 0.717) is 12.2 Å². The van der Waals surface area contributed by atoms with Crippen LogP contribution in [0.15, 0.2) is 26.9 Å². The molecule has 0 aliphatic rings. The molecule has 2 aromatic rings. The van der Waals surface area contributed by atoms with E-state index in [2.05, 4.69) is 15.2 Å². The van der Waals surface area contributed by atoms with Crippen molar-refractivity contribution < 1.29 is 17.7 Å². The molecule has 0 fully saturated rings. The van der Waals surface area contributed by atoms with Crippen LogP contribution in [0.4, 0.5) is 5.82 Å². The number of nitrogens with one attached hydrogen (secondary N) is 2. The number of anilines is 1. The third kappa shape index (κ3) is 3.93. The van der Waals surface area contributed by atoms with Gasteiger partial charge in [-0.05, 0) is 26.3 Å². The predicted molar refractivity (Wildman–Crippen MR) is 83.6 cm³/mol. The Hall–Kier alpha value is -1.71. The highest BCUT2D eigenvalue weighted by atomic mass is 32.2. The maximum atomic E-state index is 12.1. The van der Waals surface area contributed by atoms with Crippen molar-refractivity contribution in [2.24, 2.45) is 0 Å². The summed E-state index contributed by atoms with van der Waals surface area (Å²) in [5, 5.41) is 7.64. The molecule has 2 aromatic heterocycles. The van der Waals surface area contributed by atoms with E-state index < -0.39 is 15.9 Å². The van der Waals surface area contributed by atoms with Gasteiger partial charge in [0.05, 0.1) is 9.77 Å². The van der Waals surface area contributed by atoms with Crippen molar-refractivity contribution in [3.05, 3.63) is 28.2 Å². The minimum Gasteiger partial charge on any atom is -0.360 e. The van der Waals surface area contributed by atoms with Gasteiger partial charge in [-0.1, -0.05) is 12.1 Å². The molecule has 0 aliphatic carbocycles. The summed E-state index contributed by atoms with van der Waals surface area (Å²) in [6, 6.07) is 2.76. The molecule has 0 radical (unpaired) electrons. The second-order valence-electron chi connectivity index (χ2n) is 4.85. The molecule has 7 nitrogen and oxygen atoms in total. The fourth-order valence-corrected chi connectivity index (χ4v) is 4.09. The van der Waals surface area contributed by atoms with Gasteiger partial charge in [-0.3, -0.25) is 4.79 Å². The number of hydrogen-bond donors (Lipinski definition) is 2. The Morgan fingerprint density at radius 2 is 2.18 bits per heavy atom. The maximum Gasteiger partial charge on any atom is 0.267 e. The fraction of sp³-hybridized carbons (Fsp3) is 0.385. The van der Waals surface area contributed by atoms with Gasteiger partial charge in [0.1, 0.15) is 5.76 Å². The number of thiophene rings is 1. The Balaban J connectivity index is 2.12. The van der Waals surface area contributed by atoms with Crippen LogP contribution in [0, 0.1) is 6.92 Å². The number of sulfonamides is 1. The van der Waals surface area contributed by atoms with Crippen LogP contribution in [-0.4, -0.2) is 25.5 Å². The van der Waals surface area contributed by atoms with Gasteiger partial charge < -0.3 is 9.84 Å². The first-order valence-electron chi connectivity index (χ1n) is 6.67. The minimum atomic E-state index is -3.61. The lowest BCUT2D eigenvalue weighted by molar-refractivity contribution is 0.102. The summed E-state index contributed by atoms with van der Waals surface area (Å²) in [7, 11) is -3.61. The molecule has 0 saturated heterocycles. The highest BCUT2D eigenvalue weighted by molar-refractivity contribution is 7.89. The summed E-state index contributed by atoms with van der Waals surface area (Å²) >= 11 is 1.06. The summed E-state index contributed by atoms with van der Waals surface area (Å²) in [5.41, 5.74) is 0. The second-order valence-corrected chi connectivity index (χ2v) is 7.48. The molecule has 2 N–H and O–H groups in total. The largest absolute Gasteiger partial charge is 0.360 e. The van der Waals surface area contributed by atoms with E-state index in [1.807, 2.05) is 6.92 Å². The van der Waals surface area contributed by atoms with Gasteiger partial charge in [-0.2, -0.15) is 0 Å². The van der Waals surface area contributed by atoms with Gasteiger partial charge in [-0.15, -0.1) is 11.3 Å². The molecule has 9 heteroatoms. The number of carbonyl (C=O) groups is 1. The molecular formula is C13H17N3O4S2. The van der Waals surface area contributed by atoms with Gasteiger partial charge in [-0.25, -0.2) is 13.1 Å². The van der Waals surface area contributed by atoms with Crippen LogP contribution >= 0.6 is 11.3 Å². The quantitative estimate of drug-likeness (QED) is 0.838. The first-order valence-corrected chi connectivity index (χ1v) is 9.03. The van der Waals surface area contributed by atoms with Gasteiger partial charge in [0.15, 0.2) is 5.82 Å². The van der Waals surface area contributed by atoms with E-state index in [1.165, 1.54) is 11.4 Å². The molecule has 1 atom stereocenters. The normalized spacial score (nSPS) is 13.0. The first-order chi connectivity index (χ1) is 10.3. The van der Waals surface area contributed by atoms with Gasteiger partial charge in [0, 0.05) is 17.5 Å². The average molecular weight is 343 g/mol. The lowest BCUT2D eigenvalue weighted by Crippen LogP contribution is -2.31. The van der Waals surface area contributed by atoms with Crippen LogP contribution in [0.2, 0.25) is 0 Å². The maximum absolute atomic E-state index is 12.1. The lowest BCUT2D eigenvalue weighted by Gasteiger charge is -2.10. The third-order valence-corrected chi connectivity index (χ3v) is 5.59. The van der Waals surface area contributed by atoms with Crippen molar-refractivity contribution in [2.75, 3.05) is 5.32 Å². The van der Waals surface area contributed by atoms with Crippen LogP contribution in [0.3, 0.4) is 0 Å². The smallest absolute Gasteiger partial charge is 0.267 e. The SMILES string of the molecule is CCC(C)NS(=O)(=O)c1csc(C(=O)Nc2cc(C)on2)c1. The average Bonchev–Trinajstić information content (AvgIpc) is 3.07.